The molecule has 0 radical (unpaired) electrons. The zero-order chi connectivity index (χ0) is 12.3. The summed E-state index contributed by atoms with van der Waals surface area (Å²) in [5.74, 6) is -2.84. The van der Waals surface area contributed by atoms with Crippen molar-refractivity contribution in [3.8, 4) is 11.8 Å². The molecule has 0 spiro atoms. The van der Waals surface area contributed by atoms with E-state index in [1.165, 1.54) is 20.1 Å². The molecule has 0 aliphatic heterocycles. The van der Waals surface area contributed by atoms with E-state index in [0.717, 1.165) is 6.07 Å². The van der Waals surface area contributed by atoms with Gasteiger partial charge in [-0.05, 0) is 24.6 Å². The fourth-order valence-electron chi connectivity index (χ4n) is 1.30. The third-order valence-corrected chi connectivity index (χ3v) is 2.26. The molecule has 0 aromatic heterocycles. The van der Waals surface area contributed by atoms with Crippen LogP contribution in [0.2, 0.25) is 0 Å². The molecule has 1 unspecified atom stereocenters. The predicted octanol–water partition coefficient (Wildman–Crippen LogP) is 1.89. The summed E-state index contributed by atoms with van der Waals surface area (Å²) >= 11 is 0. The van der Waals surface area contributed by atoms with E-state index in [0.29, 0.717) is 0 Å². The summed E-state index contributed by atoms with van der Waals surface area (Å²) in [5.41, 5.74) is 0.230. The molecule has 0 bridgehead atoms. The quantitative estimate of drug-likeness (QED) is 0.849. The summed E-state index contributed by atoms with van der Waals surface area (Å²) in [6.45, 7) is 1.42. The predicted molar refractivity (Wildman–Crippen MR) is 53.7 cm³/mol. The molecule has 0 aliphatic carbocycles. The minimum Gasteiger partial charge on any atom is -0.492 e. The van der Waals surface area contributed by atoms with E-state index in [-0.39, 0.29) is 16.9 Å². The molecular weight excluding hydrogens is 213 g/mol. The lowest BCUT2D eigenvalue weighted by Crippen LogP contribution is -2.08. The molecule has 0 saturated heterocycles. The molecule has 1 atom stereocenters. The molecule has 4 nitrogen and oxygen atoms in total. The highest BCUT2D eigenvalue weighted by atomic mass is 19.1. The molecule has 0 amide bonds. The summed E-state index contributed by atoms with van der Waals surface area (Å²) in [7, 11) is 1.25. The van der Waals surface area contributed by atoms with E-state index in [1.54, 1.807) is 6.07 Å². The maximum Gasteiger partial charge on any atom is 0.310 e. The summed E-state index contributed by atoms with van der Waals surface area (Å²) in [6.07, 6.45) is 0. The molecule has 1 rings (SSSR count). The minimum absolute atomic E-state index is 0.00870. The number of methoxy groups -OCH3 is 1. The number of nitrogens with zero attached hydrogens (tertiary/aromatic N) is 1. The van der Waals surface area contributed by atoms with Crippen LogP contribution < -0.4 is 4.74 Å². The van der Waals surface area contributed by atoms with Crippen LogP contribution in [0.4, 0.5) is 4.39 Å². The van der Waals surface area contributed by atoms with Gasteiger partial charge in [0.1, 0.15) is 6.07 Å². The number of benzene rings is 1. The standard InChI is InChI=1S/C11H10FNO3/c1-6(11(14)15)7-3-8(5-13)10(16-2)9(12)4-7/h3-4,6H,1-2H3,(H,14,15). The summed E-state index contributed by atoms with van der Waals surface area (Å²) in [5, 5.41) is 17.6. The van der Waals surface area contributed by atoms with Crippen LogP contribution in [0.5, 0.6) is 5.75 Å². The van der Waals surface area contributed by atoms with Crippen LogP contribution in [-0.4, -0.2) is 18.2 Å². The van der Waals surface area contributed by atoms with Gasteiger partial charge < -0.3 is 9.84 Å². The molecular formula is C11H10FNO3. The number of rotatable bonds is 3. The first-order chi connectivity index (χ1) is 7.51. The number of carboxylic acid groups (broad SMARTS) is 1. The first-order valence-corrected chi connectivity index (χ1v) is 4.51. The fraction of sp³-hybridized carbons (Fsp3) is 0.273. The van der Waals surface area contributed by atoms with Crippen molar-refractivity contribution in [2.45, 2.75) is 12.8 Å². The van der Waals surface area contributed by atoms with Crippen LogP contribution >= 0.6 is 0 Å². The summed E-state index contributed by atoms with van der Waals surface area (Å²) < 4.78 is 18.2. The third-order valence-electron chi connectivity index (χ3n) is 2.26. The van der Waals surface area contributed by atoms with Gasteiger partial charge in [-0.15, -0.1) is 0 Å². The fourth-order valence-corrected chi connectivity index (χ4v) is 1.30. The van der Waals surface area contributed by atoms with Crippen molar-refractivity contribution in [1.29, 1.82) is 5.26 Å². The average Bonchev–Trinajstić information content (AvgIpc) is 2.26. The Morgan fingerprint density at radius 3 is 2.69 bits per heavy atom. The molecule has 0 saturated carbocycles. The van der Waals surface area contributed by atoms with Gasteiger partial charge in [-0.25, -0.2) is 4.39 Å². The largest absolute Gasteiger partial charge is 0.492 e. The number of halogens is 1. The molecule has 5 heteroatoms. The third kappa shape index (κ3) is 2.11. The Bertz CT molecular complexity index is 465. The molecule has 1 aromatic rings. The maximum absolute atomic E-state index is 13.5. The molecule has 0 aliphatic rings. The Balaban J connectivity index is 3.32. The Labute approximate surface area is 91.9 Å². The van der Waals surface area contributed by atoms with E-state index in [4.69, 9.17) is 15.1 Å². The lowest BCUT2D eigenvalue weighted by atomic mass is 9.98. The van der Waals surface area contributed by atoms with Crippen molar-refractivity contribution in [2.24, 2.45) is 0 Å². The number of carboxylic acids is 1. The van der Waals surface area contributed by atoms with Gasteiger partial charge in [0.15, 0.2) is 11.6 Å². The van der Waals surface area contributed by atoms with Gasteiger partial charge in [0.25, 0.3) is 0 Å². The van der Waals surface area contributed by atoms with Gasteiger partial charge in [0, 0.05) is 0 Å². The van der Waals surface area contributed by atoms with Crippen molar-refractivity contribution >= 4 is 5.97 Å². The number of carbonyl (C=O) groups is 1. The Kier molecular flexibility index (Phi) is 3.46. The van der Waals surface area contributed by atoms with Crippen molar-refractivity contribution in [1.82, 2.24) is 0 Å². The number of hydrogen-bond acceptors (Lipinski definition) is 3. The van der Waals surface area contributed by atoms with Gasteiger partial charge in [-0.1, -0.05) is 0 Å². The topological polar surface area (TPSA) is 70.3 Å². The summed E-state index contributed by atoms with van der Waals surface area (Å²) in [4.78, 5) is 10.7. The Hall–Kier alpha value is -2.09. The highest BCUT2D eigenvalue weighted by molar-refractivity contribution is 5.76. The van der Waals surface area contributed by atoms with E-state index >= 15 is 0 Å². The van der Waals surface area contributed by atoms with E-state index in [1.807, 2.05) is 0 Å². The second-order valence-electron chi connectivity index (χ2n) is 3.26. The van der Waals surface area contributed by atoms with E-state index < -0.39 is 17.7 Å². The van der Waals surface area contributed by atoms with E-state index in [9.17, 15) is 9.18 Å². The number of nitriles is 1. The molecule has 84 valence electrons. The van der Waals surface area contributed by atoms with E-state index in [2.05, 4.69) is 0 Å². The second kappa shape index (κ2) is 4.62. The normalized spacial score (nSPS) is 11.6. The van der Waals surface area contributed by atoms with Gasteiger partial charge in [0.2, 0.25) is 0 Å². The first-order valence-electron chi connectivity index (χ1n) is 4.51. The minimum atomic E-state index is -1.08. The highest BCUT2D eigenvalue weighted by Crippen LogP contribution is 2.27. The monoisotopic (exact) mass is 223 g/mol. The lowest BCUT2D eigenvalue weighted by Gasteiger charge is -2.10. The van der Waals surface area contributed by atoms with Crippen LogP contribution in [0.15, 0.2) is 12.1 Å². The molecule has 16 heavy (non-hydrogen) atoms. The maximum atomic E-state index is 13.5. The van der Waals surface area contributed by atoms with Gasteiger partial charge in [-0.2, -0.15) is 5.26 Å². The smallest absolute Gasteiger partial charge is 0.310 e. The van der Waals surface area contributed by atoms with Crippen LogP contribution in [0.25, 0.3) is 0 Å². The Morgan fingerprint density at radius 1 is 1.62 bits per heavy atom. The average molecular weight is 223 g/mol. The summed E-state index contributed by atoms with van der Waals surface area (Å²) in [6, 6.07) is 4.15. The second-order valence-corrected chi connectivity index (χ2v) is 3.26. The SMILES string of the molecule is COc1c(F)cc(C(C)C(=O)O)cc1C#N. The number of aliphatic carboxylic acids is 1. The zero-order valence-electron chi connectivity index (χ0n) is 8.82. The number of hydrogen-bond donors (Lipinski definition) is 1. The molecule has 0 heterocycles. The van der Waals surface area contributed by atoms with Crippen LogP contribution in [0.1, 0.15) is 24.0 Å². The first kappa shape index (κ1) is 12.0. The number of ether oxygens (including phenoxy) is 1. The molecule has 1 aromatic carbocycles. The molecule has 1 N–H and O–H groups in total. The van der Waals surface area contributed by atoms with Gasteiger partial charge in [0.05, 0.1) is 18.6 Å². The molecule has 0 fully saturated rings. The van der Waals surface area contributed by atoms with Crippen LogP contribution in [0.3, 0.4) is 0 Å². The van der Waals surface area contributed by atoms with Crippen molar-refractivity contribution < 1.29 is 19.0 Å². The lowest BCUT2D eigenvalue weighted by molar-refractivity contribution is -0.138. The Morgan fingerprint density at radius 2 is 2.25 bits per heavy atom. The highest BCUT2D eigenvalue weighted by Gasteiger charge is 2.18. The zero-order valence-corrected chi connectivity index (χ0v) is 8.82. The van der Waals surface area contributed by atoms with Crippen LogP contribution in [0, 0.1) is 17.1 Å². The van der Waals surface area contributed by atoms with Gasteiger partial charge in [-0.3, -0.25) is 4.79 Å². The van der Waals surface area contributed by atoms with Crippen molar-refractivity contribution in [2.75, 3.05) is 7.11 Å². The van der Waals surface area contributed by atoms with Crippen molar-refractivity contribution in [3.05, 3.63) is 29.1 Å². The van der Waals surface area contributed by atoms with Crippen LogP contribution in [-0.2, 0) is 4.79 Å². The van der Waals surface area contributed by atoms with Crippen molar-refractivity contribution in [3.63, 3.8) is 0 Å². The van der Waals surface area contributed by atoms with Gasteiger partial charge >= 0.3 is 5.97 Å².